The zero-order valence-corrected chi connectivity index (χ0v) is 13.4. The zero-order valence-electron chi connectivity index (χ0n) is 13.4. The number of hydrogen-bond donors (Lipinski definition) is 1. The number of benzene rings is 2. The smallest absolute Gasteiger partial charge is 0.269 e. The van der Waals surface area contributed by atoms with E-state index in [1.165, 1.54) is 29.8 Å². The molecule has 124 valence electrons. The summed E-state index contributed by atoms with van der Waals surface area (Å²) in [5.74, 6) is 0.509. The Morgan fingerprint density at radius 1 is 1.20 bits per heavy atom. The van der Waals surface area contributed by atoms with E-state index in [4.69, 9.17) is 4.42 Å². The highest BCUT2D eigenvalue weighted by molar-refractivity contribution is 5.60. The number of oxazole rings is 1. The molecule has 0 saturated carbocycles. The van der Waals surface area contributed by atoms with E-state index in [1.807, 2.05) is 37.3 Å². The minimum atomic E-state index is -0.478. The highest BCUT2D eigenvalue weighted by Crippen LogP contribution is 2.27. The van der Waals surface area contributed by atoms with Crippen molar-refractivity contribution in [2.75, 3.05) is 5.32 Å². The lowest BCUT2D eigenvalue weighted by atomic mass is 10.1. The molecule has 25 heavy (non-hydrogen) atoms. The normalized spacial score (nSPS) is 10.2. The van der Waals surface area contributed by atoms with Gasteiger partial charge in [0.1, 0.15) is 6.07 Å². The Balaban J connectivity index is 1.80. The predicted octanol–water partition coefficient (Wildman–Crippen LogP) is 4.04. The molecule has 7 heteroatoms. The fraction of sp³-hybridized carbons (Fsp3) is 0.111. The number of nitrogens with one attached hydrogen (secondary N) is 1. The van der Waals surface area contributed by atoms with Crippen LogP contribution in [0.4, 0.5) is 11.6 Å². The lowest BCUT2D eigenvalue weighted by Gasteiger charge is -2.03. The van der Waals surface area contributed by atoms with Crippen molar-refractivity contribution in [3.8, 4) is 17.5 Å². The van der Waals surface area contributed by atoms with E-state index in [-0.39, 0.29) is 23.2 Å². The number of non-ortho nitro benzene ring substituents is 1. The molecule has 3 rings (SSSR count). The topological polar surface area (TPSA) is 105 Å². The summed E-state index contributed by atoms with van der Waals surface area (Å²) >= 11 is 0. The standard InChI is InChI=1S/C18H14N4O3/c1-12-2-4-13(5-3-12)11-20-18-16(10-19)21-17(25-18)14-6-8-15(9-7-14)22(23)24/h2-9,20H,11H2,1H3. The molecular formula is C18H14N4O3. The molecule has 3 aromatic rings. The molecule has 0 unspecified atom stereocenters. The lowest BCUT2D eigenvalue weighted by Crippen LogP contribution is -1.99. The Morgan fingerprint density at radius 3 is 2.48 bits per heavy atom. The number of nitro benzene ring substituents is 1. The molecule has 1 aromatic heterocycles. The number of nitrogens with zero attached hydrogens (tertiary/aromatic N) is 3. The fourth-order valence-corrected chi connectivity index (χ4v) is 2.25. The number of anilines is 1. The molecule has 0 aliphatic rings. The molecule has 1 heterocycles. The molecule has 1 N–H and O–H groups in total. The van der Waals surface area contributed by atoms with Gasteiger partial charge in [-0.1, -0.05) is 29.8 Å². The van der Waals surface area contributed by atoms with Gasteiger partial charge >= 0.3 is 0 Å². The average Bonchev–Trinajstić information content (AvgIpc) is 3.04. The van der Waals surface area contributed by atoms with E-state index >= 15 is 0 Å². The summed E-state index contributed by atoms with van der Waals surface area (Å²) in [6, 6.07) is 15.8. The molecule has 2 aromatic carbocycles. The molecule has 0 bridgehead atoms. The van der Waals surface area contributed by atoms with E-state index in [2.05, 4.69) is 10.3 Å². The van der Waals surface area contributed by atoms with Crippen LogP contribution in [0.1, 0.15) is 16.8 Å². The SMILES string of the molecule is Cc1ccc(CNc2oc(-c3ccc([N+](=O)[O-])cc3)nc2C#N)cc1. The van der Waals surface area contributed by atoms with Gasteiger partial charge in [-0.05, 0) is 24.6 Å². The monoisotopic (exact) mass is 334 g/mol. The molecule has 0 amide bonds. The summed E-state index contributed by atoms with van der Waals surface area (Å²) in [6.07, 6.45) is 0. The second-order valence-corrected chi connectivity index (χ2v) is 5.45. The molecule has 7 nitrogen and oxygen atoms in total. The Labute approximate surface area is 143 Å². The van der Waals surface area contributed by atoms with Gasteiger partial charge in [-0.25, -0.2) is 0 Å². The first-order chi connectivity index (χ1) is 12.1. The fourth-order valence-electron chi connectivity index (χ4n) is 2.25. The maximum absolute atomic E-state index is 10.7. The van der Waals surface area contributed by atoms with Gasteiger partial charge < -0.3 is 9.73 Å². The Kier molecular flexibility index (Phi) is 4.44. The highest BCUT2D eigenvalue weighted by atomic mass is 16.6. The molecule has 0 spiro atoms. The van der Waals surface area contributed by atoms with E-state index in [1.54, 1.807) is 0 Å². The van der Waals surface area contributed by atoms with Gasteiger partial charge in [0.2, 0.25) is 17.5 Å². The van der Waals surface area contributed by atoms with Crippen molar-refractivity contribution in [3.05, 3.63) is 75.5 Å². The summed E-state index contributed by atoms with van der Waals surface area (Å²) in [4.78, 5) is 14.4. The first-order valence-electron chi connectivity index (χ1n) is 7.52. The summed E-state index contributed by atoms with van der Waals surface area (Å²) in [6.45, 7) is 2.50. The Hall–Kier alpha value is -3.66. The number of nitriles is 1. The number of aromatic nitrogens is 1. The highest BCUT2D eigenvalue weighted by Gasteiger charge is 2.15. The minimum absolute atomic E-state index is 0.0199. The molecule has 0 saturated heterocycles. The van der Waals surface area contributed by atoms with Crippen LogP contribution in [-0.2, 0) is 6.54 Å². The van der Waals surface area contributed by atoms with Gasteiger partial charge in [0.15, 0.2) is 0 Å². The molecule has 0 aliphatic heterocycles. The van der Waals surface area contributed by atoms with Crippen LogP contribution in [0.3, 0.4) is 0 Å². The van der Waals surface area contributed by atoms with Crippen molar-refractivity contribution in [2.24, 2.45) is 0 Å². The van der Waals surface area contributed by atoms with E-state index in [0.29, 0.717) is 12.1 Å². The Bertz CT molecular complexity index is 938. The van der Waals surface area contributed by atoms with Crippen LogP contribution in [-0.4, -0.2) is 9.91 Å². The second kappa shape index (κ2) is 6.84. The molecular weight excluding hydrogens is 320 g/mol. The third-order valence-electron chi connectivity index (χ3n) is 3.63. The molecule has 0 fully saturated rings. The quantitative estimate of drug-likeness (QED) is 0.557. The van der Waals surface area contributed by atoms with Gasteiger partial charge in [-0.2, -0.15) is 10.2 Å². The van der Waals surface area contributed by atoms with Gasteiger partial charge in [0, 0.05) is 24.2 Å². The first kappa shape index (κ1) is 16.2. The second-order valence-electron chi connectivity index (χ2n) is 5.45. The number of rotatable bonds is 5. The van der Waals surface area contributed by atoms with Gasteiger partial charge in [-0.3, -0.25) is 10.1 Å². The van der Waals surface area contributed by atoms with Crippen LogP contribution in [0.15, 0.2) is 52.9 Å². The third kappa shape index (κ3) is 3.64. The number of hydrogen-bond acceptors (Lipinski definition) is 6. The van der Waals surface area contributed by atoms with Crippen molar-refractivity contribution >= 4 is 11.6 Å². The maximum atomic E-state index is 10.7. The van der Waals surface area contributed by atoms with Crippen LogP contribution in [0, 0.1) is 28.4 Å². The predicted molar refractivity (Wildman–Crippen MR) is 91.8 cm³/mol. The molecule has 0 atom stereocenters. The maximum Gasteiger partial charge on any atom is 0.269 e. The lowest BCUT2D eigenvalue weighted by molar-refractivity contribution is -0.384. The largest absolute Gasteiger partial charge is 0.419 e. The van der Waals surface area contributed by atoms with Crippen molar-refractivity contribution in [1.82, 2.24) is 4.98 Å². The van der Waals surface area contributed by atoms with Crippen molar-refractivity contribution in [1.29, 1.82) is 5.26 Å². The van der Waals surface area contributed by atoms with Crippen LogP contribution < -0.4 is 5.32 Å². The van der Waals surface area contributed by atoms with E-state index in [0.717, 1.165) is 5.56 Å². The van der Waals surface area contributed by atoms with Crippen LogP contribution >= 0.6 is 0 Å². The van der Waals surface area contributed by atoms with Crippen molar-refractivity contribution < 1.29 is 9.34 Å². The number of aryl methyl sites for hydroxylation is 1. The third-order valence-corrected chi connectivity index (χ3v) is 3.63. The van der Waals surface area contributed by atoms with Crippen molar-refractivity contribution in [2.45, 2.75) is 13.5 Å². The summed E-state index contributed by atoms with van der Waals surface area (Å²) < 4.78 is 5.62. The molecule has 0 radical (unpaired) electrons. The average molecular weight is 334 g/mol. The van der Waals surface area contributed by atoms with Gasteiger partial charge in [0.05, 0.1) is 4.92 Å². The summed E-state index contributed by atoms with van der Waals surface area (Å²) in [5, 5.41) is 23.0. The van der Waals surface area contributed by atoms with Gasteiger partial charge in [0.25, 0.3) is 5.69 Å². The summed E-state index contributed by atoms with van der Waals surface area (Å²) in [7, 11) is 0. The van der Waals surface area contributed by atoms with Crippen LogP contribution in [0.25, 0.3) is 11.5 Å². The van der Waals surface area contributed by atoms with Crippen LogP contribution in [0.2, 0.25) is 0 Å². The summed E-state index contributed by atoms with van der Waals surface area (Å²) in [5.41, 5.74) is 2.89. The van der Waals surface area contributed by atoms with E-state index in [9.17, 15) is 15.4 Å². The van der Waals surface area contributed by atoms with Gasteiger partial charge in [-0.15, -0.1) is 0 Å². The first-order valence-corrected chi connectivity index (χ1v) is 7.52. The molecule has 0 aliphatic carbocycles. The van der Waals surface area contributed by atoms with Crippen molar-refractivity contribution in [3.63, 3.8) is 0 Å². The van der Waals surface area contributed by atoms with Crippen LogP contribution in [0.5, 0.6) is 0 Å². The number of nitro groups is 1. The minimum Gasteiger partial charge on any atom is -0.419 e. The van der Waals surface area contributed by atoms with E-state index < -0.39 is 4.92 Å². The Morgan fingerprint density at radius 2 is 1.88 bits per heavy atom. The zero-order chi connectivity index (χ0) is 17.8.